The van der Waals surface area contributed by atoms with E-state index in [1.165, 1.54) is 44.5 Å². The molecule has 1 aliphatic heterocycles. The van der Waals surface area contributed by atoms with Gasteiger partial charge in [0.1, 0.15) is 40.1 Å². The Labute approximate surface area is 373 Å². The molecule has 1 fully saturated rings. The molecule has 0 spiro atoms. The summed E-state index contributed by atoms with van der Waals surface area (Å²) in [5.74, 6) is 0.714. The number of nitrogens with one attached hydrogen (secondary N) is 5. The fourth-order valence-electron chi connectivity index (χ4n) is 7.14. The van der Waals surface area contributed by atoms with Gasteiger partial charge < -0.3 is 45.1 Å². The lowest BCUT2D eigenvalue weighted by Gasteiger charge is -2.31. The number of methoxy groups -OCH3 is 1. The van der Waals surface area contributed by atoms with Gasteiger partial charge in [0, 0.05) is 66.1 Å². The Morgan fingerprint density at radius 1 is 0.730 bits per heavy atom. The number of halogens is 2. The summed E-state index contributed by atoms with van der Waals surface area (Å²) in [4.78, 5) is 50.8. The van der Waals surface area contributed by atoms with Crippen LogP contribution in [-0.2, 0) is 4.79 Å². The van der Waals surface area contributed by atoms with E-state index >= 15 is 0 Å². The highest BCUT2D eigenvalue weighted by molar-refractivity contribution is 6.01. The first-order valence-electron chi connectivity index (χ1n) is 20.9. The third-order valence-corrected chi connectivity index (χ3v) is 10.5. The second-order valence-corrected chi connectivity index (χ2v) is 15.4. The van der Waals surface area contributed by atoms with Gasteiger partial charge in [-0.25, -0.2) is 18.4 Å². The predicted octanol–water partition coefficient (Wildman–Crippen LogP) is 12.2. The summed E-state index contributed by atoms with van der Waals surface area (Å²) in [6, 6.07) is 19.0. The molecule has 6 amide bonds. The van der Waals surface area contributed by atoms with Crippen molar-refractivity contribution in [2.45, 2.75) is 73.9 Å². The zero-order valence-electron chi connectivity index (χ0n) is 37.3. The average Bonchev–Trinajstić information content (AvgIpc) is 3.75. The Kier molecular flexibility index (Phi) is 15.6. The molecule has 6 aromatic rings. The van der Waals surface area contributed by atoms with Gasteiger partial charge in [-0.15, -0.1) is 0 Å². The first kappa shape index (κ1) is 47.2. The average molecular weight is 877 g/mol. The van der Waals surface area contributed by atoms with Crippen LogP contribution in [0.5, 0.6) is 5.75 Å². The van der Waals surface area contributed by atoms with Crippen LogP contribution < -0.4 is 36.2 Å². The predicted molar refractivity (Wildman–Crippen MR) is 253 cm³/mol. The smallest absolute Gasteiger partial charge is 0.319 e. The molecule has 2 aromatic heterocycles. The second-order valence-electron chi connectivity index (χ2n) is 15.4. The van der Waals surface area contributed by atoms with Crippen LogP contribution in [0.15, 0.2) is 87.7 Å². The number of hydrogen-bond acceptors (Lipinski definition) is 7. The summed E-state index contributed by atoms with van der Waals surface area (Å²) in [7, 11) is 2.99. The quantitative estimate of drug-likeness (QED) is 0.0808. The second kappa shape index (κ2) is 20.8. The largest absolute Gasteiger partial charge is 0.496 e. The highest BCUT2D eigenvalue weighted by Gasteiger charge is 2.28. The van der Waals surface area contributed by atoms with Crippen molar-refractivity contribution in [1.29, 1.82) is 0 Å². The first-order valence-corrected chi connectivity index (χ1v) is 20.9. The molecule has 13 nitrogen and oxygen atoms in total. The van der Waals surface area contributed by atoms with E-state index in [4.69, 9.17) is 13.6 Å². The van der Waals surface area contributed by atoms with Gasteiger partial charge in [0.05, 0.1) is 24.8 Å². The Hall–Kier alpha value is -6.90. The number of benzene rings is 4. The van der Waals surface area contributed by atoms with Crippen molar-refractivity contribution in [3.8, 4) is 5.75 Å². The minimum absolute atomic E-state index is 0. The third-order valence-electron chi connectivity index (χ3n) is 10.5. The standard InChI is InChI=1S/C23H26FN3O4.C23H24FN3O3.C2H6.5H2/c1-12(2)20(21-13(3)16-10-14(24)6-8-19(16)31-21)27-23(29)26-15-7-9-18(30-5)17(11-15)22(28)25-4;1-13(2)21(22-14(3)18-11-15(24)7-8-19(18)30-22)26-23(29)25-16-5-4-6-17(12-16)27-10-9-20(27)28;1-2;;;;;/h6-12,20H,1-5H3,(H,25,28)(H2,26,27,29);4-8,11-13,21H,9-10H2,1-3H3,(H2,25,26,29);1-2H3;5*1H/t20-;21-;;;;;;/m11....../s1. The van der Waals surface area contributed by atoms with Gasteiger partial charge in [-0.1, -0.05) is 47.6 Å². The molecule has 7 rings (SSSR count). The number of β-lactam (4-membered cyclic amide) rings is 1. The zero-order valence-corrected chi connectivity index (χ0v) is 37.3. The number of carbonyl (C=O) groups is 4. The maximum absolute atomic E-state index is 13.6. The fraction of sp³-hybridized carbons (Fsp3) is 0.333. The summed E-state index contributed by atoms with van der Waals surface area (Å²) in [6.45, 7) is 16.3. The first-order chi connectivity index (χ1) is 30.1. The summed E-state index contributed by atoms with van der Waals surface area (Å²) in [5.41, 5.74) is 4.83. The Morgan fingerprint density at radius 3 is 1.67 bits per heavy atom. The molecule has 0 saturated carbocycles. The van der Waals surface area contributed by atoms with Crippen molar-refractivity contribution in [2.24, 2.45) is 11.8 Å². The van der Waals surface area contributed by atoms with E-state index in [-0.39, 0.29) is 54.5 Å². The van der Waals surface area contributed by atoms with Gasteiger partial charge in [-0.2, -0.15) is 0 Å². The molecule has 344 valence electrons. The maximum atomic E-state index is 13.6. The van der Waals surface area contributed by atoms with Crippen molar-refractivity contribution in [3.63, 3.8) is 0 Å². The highest BCUT2D eigenvalue weighted by Crippen LogP contribution is 2.35. The lowest BCUT2D eigenvalue weighted by Crippen LogP contribution is -2.43. The number of rotatable bonds is 11. The summed E-state index contributed by atoms with van der Waals surface area (Å²) >= 11 is 0. The minimum Gasteiger partial charge on any atom is -0.496 e. The third kappa shape index (κ3) is 11.0. The van der Waals surface area contributed by atoms with Crippen LogP contribution in [0, 0.1) is 37.3 Å². The van der Waals surface area contributed by atoms with Crippen LogP contribution in [-0.4, -0.2) is 44.6 Å². The number of hydrogen-bond donors (Lipinski definition) is 5. The molecule has 1 aliphatic rings. The molecule has 63 heavy (non-hydrogen) atoms. The number of ether oxygens (including phenoxy) is 1. The van der Waals surface area contributed by atoms with Crippen LogP contribution in [0.4, 0.5) is 35.4 Å². The maximum Gasteiger partial charge on any atom is 0.319 e. The number of anilines is 3. The van der Waals surface area contributed by atoms with E-state index in [1.807, 2.05) is 61.5 Å². The van der Waals surface area contributed by atoms with Crippen LogP contribution in [0.3, 0.4) is 0 Å². The van der Waals surface area contributed by atoms with Gasteiger partial charge in [-0.3, -0.25) is 9.59 Å². The van der Waals surface area contributed by atoms with Gasteiger partial charge in [0.2, 0.25) is 5.91 Å². The summed E-state index contributed by atoms with van der Waals surface area (Å²) in [5, 5.41) is 15.4. The monoisotopic (exact) mass is 876 g/mol. The van der Waals surface area contributed by atoms with Crippen LogP contribution in [0.25, 0.3) is 21.9 Å². The number of fused-ring (bicyclic) bond motifs is 2. The molecule has 1 saturated heterocycles. The normalized spacial score (nSPS) is 13.0. The van der Waals surface area contributed by atoms with E-state index < -0.39 is 12.1 Å². The Bertz CT molecular complexity index is 2630. The summed E-state index contributed by atoms with van der Waals surface area (Å²) in [6.07, 6.45) is 0.551. The van der Waals surface area contributed by atoms with Crippen LogP contribution in [0.1, 0.15) is 100 Å². The lowest BCUT2D eigenvalue weighted by atomic mass is 9.98. The molecule has 3 heterocycles. The topological polar surface area (TPSA) is 167 Å². The molecule has 15 heteroatoms. The van der Waals surface area contributed by atoms with Crippen LogP contribution >= 0.6 is 0 Å². The van der Waals surface area contributed by atoms with E-state index in [2.05, 4.69) is 26.6 Å². The molecule has 4 aromatic carbocycles. The van der Waals surface area contributed by atoms with Crippen molar-refractivity contribution in [2.75, 3.05) is 36.2 Å². The molecule has 0 aliphatic carbocycles. The van der Waals surface area contributed by atoms with Crippen molar-refractivity contribution in [1.82, 2.24) is 16.0 Å². The summed E-state index contributed by atoms with van der Waals surface area (Å²) < 4.78 is 44.4. The number of furan rings is 2. The Balaban J connectivity index is 0.00000119. The number of carbonyl (C=O) groups excluding carboxylic acids is 4. The van der Waals surface area contributed by atoms with E-state index in [0.29, 0.717) is 69.1 Å². The SMILES string of the molecule is CC.CNC(=O)c1cc(NC(=O)N[C@@H](c2oc3ccc(F)cc3c2C)C(C)C)ccc1OC.Cc1c([C@H](NC(=O)Nc2cccc(N3CCC3=O)c2)C(C)C)oc2ccc(F)cc12.[HH].[HH].[HH].[HH].[HH]. The van der Waals surface area contributed by atoms with Gasteiger partial charge in [-0.05, 0) is 98.5 Å². The van der Waals surface area contributed by atoms with Crippen molar-refractivity contribution >= 4 is 62.9 Å². The van der Waals surface area contributed by atoms with E-state index in [9.17, 15) is 28.0 Å². The fourth-order valence-corrected chi connectivity index (χ4v) is 7.14. The zero-order chi connectivity index (χ0) is 46.1. The molecule has 2 atom stereocenters. The highest BCUT2D eigenvalue weighted by atomic mass is 19.1. The van der Waals surface area contributed by atoms with Crippen molar-refractivity contribution < 1.29 is 48.7 Å². The van der Waals surface area contributed by atoms with E-state index in [1.54, 1.807) is 47.4 Å². The number of urea groups is 2. The Morgan fingerprint density at radius 2 is 1.24 bits per heavy atom. The number of nitrogens with zero attached hydrogens (tertiary/aromatic N) is 1. The molecule has 5 N–H and O–H groups in total. The molecule has 0 bridgehead atoms. The lowest BCUT2D eigenvalue weighted by molar-refractivity contribution is -0.122. The van der Waals surface area contributed by atoms with Crippen LogP contribution in [0.2, 0.25) is 0 Å². The van der Waals surface area contributed by atoms with Crippen molar-refractivity contribution in [3.05, 3.63) is 119 Å². The van der Waals surface area contributed by atoms with E-state index in [0.717, 1.165) is 16.8 Å². The molecule has 0 radical (unpaired) electrons. The number of amides is 6. The van der Waals surface area contributed by atoms with Gasteiger partial charge in [0.25, 0.3) is 5.91 Å². The molecule has 0 unspecified atom stereocenters. The number of aryl methyl sites for hydroxylation is 2. The minimum atomic E-state index is -0.460. The van der Waals surface area contributed by atoms with Gasteiger partial charge in [0.15, 0.2) is 0 Å². The van der Waals surface area contributed by atoms with Gasteiger partial charge >= 0.3 is 12.1 Å². The molecular weight excluding hydrogens is 811 g/mol. The molecular formula is C48H66F2N6O7.